The number of pyridine rings is 1. The largest absolute Gasteiger partial charge is 0.376 e. The molecule has 0 saturated heterocycles. The van der Waals surface area contributed by atoms with Gasteiger partial charge >= 0.3 is 0 Å². The minimum Gasteiger partial charge on any atom is -0.376 e. The maximum Gasteiger partial charge on any atom is 0.147 e. The lowest BCUT2D eigenvalue weighted by molar-refractivity contribution is 0.108. The van der Waals surface area contributed by atoms with E-state index in [1.807, 2.05) is 6.92 Å². The zero-order valence-corrected chi connectivity index (χ0v) is 9.26. The molecule has 0 amide bonds. The van der Waals surface area contributed by atoms with Crippen LogP contribution in [0.2, 0.25) is 5.15 Å². The summed E-state index contributed by atoms with van der Waals surface area (Å²) in [5, 5.41) is 9.35. The Hall–Kier alpha value is -1.11. The van der Waals surface area contributed by atoms with E-state index in [1.165, 1.54) is 0 Å². The van der Waals surface area contributed by atoms with Crippen molar-refractivity contribution in [3.8, 4) is 6.07 Å². The average Bonchev–Trinajstić information content (AvgIpc) is 2.27. The fourth-order valence-corrected chi connectivity index (χ4v) is 2.17. The second kappa shape index (κ2) is 4.18. The van der Waals surface area contributed by atoms with Gasteiger partial charge in [-0.15, -0.1) is 0 Å². The molecule has 0 spiro atoms. The van der Waals surface area contributed by atoms with Gasteiger partial charge in [-0.3, -0.25) is 0 Å². The molecule has 0 bridgehead atoms. The van der Waals surface area contributed by atoms with Crippen molar-refractivity contribution in [3.63, 3.8) is 0 Å². The summed E-state index contributed by atoms with van der Waals surface area (Å²) in [6.07, 6.45) is 1.57. The van der Waals surface area contributed by atoms with E-state index >= 15 is 0 Å². The first-order chi connectivity index (χ1) is 7.27. The first-order valence-corrected chi connectivity index (χ1v) is 5.33. The maximum absolute atomic E-state index is 9.02. The molecular weight excluding hydrogens is 212 g/mol. The van der Waals surface area contributed by atoms with Crippen molar-refractivity contribution in [3.05, 3.63) is 27.5 Å². The van der Waals surface area contributed by atoms with E-state index in [1.54, 1.807) is 0 Å². The van der Waals surface area contributed by atoms with Gasteiger partial charge in [0, 0.05) is 12.0 Å². The Morgan fingerprint density at radius 1 is 1.60 bits per heavy atom. The zero-order chi connectivity index (χ0) is 10.8. The highest BCUT2D eigenvalue weighted by atomic mass is 35.5. The quantitative estimate of drug-likeness (QED) is 0.685. The number of rotatable bonds is 1. The van der Waals surface area contributed by atoms with Crippen molar-refractivity contribution in [1.82, 2.24) is 4.98 Å². The van der Waals surface area contributed by atoms with Crippen LogP contribution >= 0.6 is 11.6 Å². The second-order valence-electron chi connectivity index (χ2n) is 3.45. The Morgan fingerprint density at radius 3 is 3.07 bits per heavy atom. The molecule has 1 aromatic rings. The van der Waals surface area contributed by atoms with Crippen molar-refractivity contribution >= 4 is 11.6 Å². The van der Waals surface area contributed by atoms with Gasteiger partial charge in [0.25, 0.3) is 0 Å². The van der Waals surface area contributed by atoms with Gasteiger partial charge in [-0.05, 0) is 12.0 Å². The van der Waals surface area contributed by atoms with E-state index in [2.05, 4.69) is 11.1 Å². The Labute approximate surface area is 93.6 Å². The Balaban J connectivity index is 2.66. The van der Waals surface area contributed by atoms with Crippen LogP contribution in [0.15, 0.2) is 0 Å². The summed E-state index contributed by atoms with van der Waals surface area (Å²) in [4.78, 5) is 4.26. The number of ether oxygens (including phenoxy) is 1. The van der Waals surface area contributed by atoms with E-state index < -0.39 is 0 Å². The number of nitrogens with zero attached hydrogens (tertiary/aromatic N) is 2. The third-order valence-electron chi connectivity index (χ3n) is 2.65. The van der Waals surface area contributed by atoms with Gasteiger partial charge in [0.2, 0.25) is 0 Å². The lowest BCUT2D eigenvalue weighted by atomic mass is 9.97. The Morgan fingerprint density at radius 2 is 2.40 bits per heavy atom. The zero-order valence-electron chi connectivity index (χ0n) is 8.51. The van der Waals surface area contributed by atoms with Gasteiger partial charge < -0.3 is 4.74 Å². The summed E-state index contributed by atoms with van der Waals surface area (Å²) >= 11 is 5.97. The van der Waals surface area contributed by atoms with E-state index in [0.29, 0.717) is 23.9 Å². The number of hydrogen-bond acceptors (Lipinski definition) is 3. The van der Waals surface area contributed by atoms with Crippen LogP contribution in [0.1, 0.15) is 29.3 Å². The SMILES string of the molecule is CCc1c(C#N)c(Cl)nc2c1COCC2. The minimum atomic E-state index is 0.329. The molecule has 1 aromatic heterocycles. The van der Waals surface area contributed by atoms with Crippen LogP contribution in [0.4, 0.5) is 0 Å². The van der Waals surface area contributed by atoms with Crippen molar-refractivity contribution in [2.45, 2.75) is 26.4 Å². The van der Waals surface area contributed by atoms with Crippen LogP contribution in [-0.4, -0.2) is 11.6 Å². The third-order valence-corrected chi connectivity index (χ3v) is 2.92. The predicted molar refractivity (Wildman–Crippen MR) is 56.7 cm³/mol. The van der Waals surface area contributed by atoms with Crippen molar-refractivity contribution in [2.75, 3.05) is 6.61 Å². The minimum absolute atomic E-state index is 0.329. The fraction of sp³-hybridized carbons (Fsp3) is 0.455. The van der Waals surface area contributed by atoms with E-state index in [4.69, 9.17) is 21.6 Å². The molecule has 2 heterocycles. The monoisotopic (exact) mass is 222 g/mol. The molecule has 0 unspecified atom stereocenters. The summed E-state index contributed by atoms with van der Waals surface area (Å²) in [7, 11) is 0. The normalized spacial score (nSPS) is 14.5. The third kappa shape index (κ3) is 1.71. The Kier molecular flexibility index (Phi) is 2.90. The van der Waals surface area contributed by atoms with Crippen molar-refractivity contribution < 1.29 is 4.74 Å². The molecule has 0 fully saturated rings. The molecule has 1 aliphatic heterocycles. The average molecular weight is 223 g/mol. The van der Waals surface area contributed by atoms with Crippen LogP contribution < -0.4 is 0 Å². The summed E-state index contributed by atoms with van der Waals surface area (Å²) < 4.78 is 5.39. The number of nitriles is 1. The van der Waals surface area contributed by atoms with Crippen molar-refractivity contribution in [1.29, 1.82) is 5.26 Å². The number of fused-ring (bicyclic) bond motifs is 1. The standard InChI is InChI=1S/C11H11ClN2O/c1-2-7-8(5-13)11(12)14-10-3-4-15-6-9(7)10/h2-4,6H2,1H3. The highest BCUT2D eigenvalue weighted by Gasteiger charge is 2.20. The Bertz CT molecular complexity index is 437. The van der Waals surface area contributed by atoms with Crippen LogP contribution in [0, 0.1) is 11.3 Å². The van der Waals surface area contributed by atoms with Gasteiger partial charge in [0.15, 0.2) is 0 Å². The predicted octanol–water partition coefficient (Wildman–Crippen LogP) is 2.24. The van der Waals surface area contributed by atoms with Crippen LogP contribution in [-0.2, 0) is 24.2 Å². The van der Waals surface area contributed by atoms with Gasteiger partial charge in [-0.25, -0.2) is 4.98 Å². The molecule has 15 heavy (non-hydrogen) atoms. The molecule has 0 aliphatic carbocycles. The fourth-order valence-electron chi connectivity index (χ4n) is 1.92. The lowest BCUT2D eigenvalue weighted by Crippen LogP contribution is -2.15. The number of aromatic nitrogens is 1. The summed E-state index contributed by atoms with van der Waals surface area (Å²) in [6.45, 7) is 3.25. The molecule has 4 heteroatoms. The topological polar surface area (TPSA) is 45.9 Å². The van der Waals surface area contributed by atoms with Gasteiger partial charge in [0.1, 0.15) is 11.2 Å². The van der Waals surface area contributed by atoms with E-state index in [9.17, 15) is 0 Å². The van der Waals surface area contributed by atoms with E-state index in [0.717, 1.165) is 29.7 Å². The number of halogens is 1. The highest BCUT2D eigenvalue weighted by molar-refractivity contribution is 6.30. The van der Waals surface area contributed by atoms with Crippen LogP contribution in [0.3, 0.4) is 0 Å². The molecule has 0 saturated carbocycles. The number of hydrogen-bond donors (Lipinski definition) is 0. The summed E-state index contributed by atoms with van der Waals surface area (Å²) in [6, 6.07) is 2.11. The summed E-state index contributed by atoms with van der Waals surface area (Å²) in [5.74, 6) is 0. The first-order valence-electron chi connectivity index (χ1n) is 4.95. The van der Waals surface area contributed by atoms with Gasteiger partial charge in [-0.1, -0.05) is 18.5 Å². The molecule has 0 aromatic carbocycles. The molecule has 2 rings (SSSR count). The van der Waals surface area contributed by atoms with Crippen LogP contribution in [0.5, 0.6) is 0 Å². The lowest BCUT2D eigenvalue weighted by Gasteiger charge is -2.19. The van der Waals surface area contributed by atoms with Gasteiger partial charge in [0.05, 0.1) is 24.5 Å². The molecule has 3 nitrogen and oxygen atoms in total. The molecule has 1 aliphatic rings. The summed E-state index contributed by atoms with van der Waals surface area (Å²) in [5.41, 5.74) is 3.54. The van der Waals surface area contributed by atoms with Gasteiger partial charge in [-0.2, -0.15) is 5.26 Å². The van der Waals surface area contributed by atoms with Crippen LogP contribution in [0.25, 0.3) is 0 Å². The molecule has 0 atom stereocenters. The smallest absolute Gasteiger partial charge is 0.147 e. The maximum atomic E-state index is 9.02. The molecule has 78 valence electrons. The first kappa shape index (κ1) is 10.4. The van der Waals surface area contributed by atoms with Crippen molar-refractivity contribution in [2.24, 2.45) is 0 Å². The molecular formula is C11H11ClN2O. The molecule has 0 radical (unpaired) electrons. The second-order valence-corrected chi connectivity index (χ2v) is 3.81. The van der Waals surface area contributed by atoms with E-state index in [-0.39, 0.29) is 0 Å². The highest BCUT2D eigenvalue weighted by Crippen LogP contribution is 2.27. The molecule has 0 N–H and O–H groups in total.